The van der Waals surface area contributed by atoms with Gasteiger partial charge in [0.25, 0.3) is 5.91 Å². The molecule has 0 saturated carbocycles. The zero-order valence-corrected chi connectivity index (χ0v) is 24.8. The average Bonchev–Trinajstić information content (AvgIpc) is 3.44. The van der Waals surface area contributed by atoms with Crippen LogP contribution in [-0.4, -0.2) is 57.1 Å². The number of esters is 1. The highest BCUT2D eigenvalue weighted by atomic mass is 16.6. The molecule has 3 aromatic carbocycles. The smallest absolute Gasteiger partial charge is 0.411 e. The minimum Gasteiger partial charge on any atom is -0.458 e. The Bertz CT molecular complexity index is 1540. The summed E-state index contributed by atoms with van der Waals surface area (Å²) in [4.78, 5) is 49.5. The summed E-state index contributed by atoms with van der Waals surface area (Å²) in [5, 5.41) is 2.73. The van der Waals surface area contributed by atoms with Gasteiger partial charge in [0.15, 0.2) is 6.10 Å². The van der Waals surface area contributed by atoms with Crippen molar-refractivity contribution in [3.8, 4) is 6.01 Å². The van der Waals surface area contributed by atoms with Crippen LogP contribution in [0.5, 0.6) is 6.01 Å². The Labute approximate surface area is 256 Å². The lowest BCUT2D eigenvalue weighted by molar-refractivity contribution is -0.152. The highest BCUT2D eigenvalue weighted by Crippen LogP contribution is 2.30. The van der Waals surface area contributed by atoms with Gasteiger partial charge in [-0.2, -0.15) is 4.98 Å². The maximum atomic E-state index is 13.8. The molecule has 1 fully saturated rings. The third-order valence-corrected chi connectivity index (χ3v) is 6.78. The van der Waals surface area contributed by atoms with Crippen molar-refractivity contribution < 1.29 is 28.6 Å². The highest BCUT2D eigenvalue weighted by Gasteiger charge is 2.44. The Morgan fingerprint density at radius 1 is 0.864 bits per heavy atom. The molecule has 1 aromatic heterocycles. The molecule has 10 heteroatoms. The van der Waals surface area contributed by atoms with E-state index < -0.39 is 35.9 Å². The summed E-state index contributed by atoms with van der Waals surface area (Å²) in [5.41, 5.74) is 1.28. The summed E-state index contributed by atoms with van der Waals surface area (Å²) >= 11 is 0. The van der Waals surface area contributed by atoms with Crippen LogP contribution in [0.15, 0.2) is 103 Å². The largest absolute Gasteiger partial charge is 0.458 e. The van der Waals surface area contributed by atoms with Gasteiger partial charge in [0.1, 0.15) is 23.6 Å². The van der Waals surface area contributed by atoms with Crippen molar-refractivity contribution in [3.63, 3.8) is 0 Å². The lowest BCUT2D eigenvalue weighted by Crippen LogP contribution is -2.44. The quantitative estimate of drug-likeness (QED) is 0.254. The number of aromatic nitrogens is 2. The van der Waals surface area contributed by atoms with E-state index in [1.807, 2.05) is 66.7 Å². The molecule has 10 nitrogen and oxygen atoms in total. The molecule has 2 heterocycles. The van der Waals surface area contributed by atoms with E-state index in [1.54, 1.807) is 51.1 Å². The first-order valence-electron chi connectivity index (χ1n) is 14.3. The van der Waals surface area contributed by atoms with Gasteiger partial charge in [-0.3, -0.25) is 9.69 Å². The fourth-order valence-electron chi connectivity index (χ4n) is 4.80. The first-order valence-corrected chi connectivity index (χ1v) is 14.3. The Kier molecular flexibility index (Phi) is 9.18. The molecule has 4 aromatic rings. The van der Waals surface area contributed by atoms with E-state index in [0.29, 0.717) is 5.56 Å². The monoisotopic (exact) mass is 594 g/mol. The van der Waals surface area contributed by atoms with Crippen molar-refractivity contribution in [2.75, 3.05) is 11.9 Å². The van der Waals surface area contributed by atoms with Crippen molar-refractivity contribution in [3.05, 3.63) is 120 Å². The first-order chi connectivity index (χ1) is 21.2. The van der Waals surface area contributed by atoms with Crippen LogP contribution in [0.4, 0.5) is 10.6 Å². The number of carbonyl (C=O) groups is 3. The van der Waals surface area contributed by atoms with Crippen LogP contribution in [0.2, 0.25) is 0 Å². The number of anilines is 1. The lowest BCUT2D eigenvalue weighted by atomic mass is 10.0. The normalized spacial score (nSPS) is 16.3. The fourth-order valence-corrected chi connectivity index (χ4v) is 4.80. The van der Waals surface area contributed by atoms with Crippen LogP contribution in [0.1, 0.15) is 54.8 Å². The van der Waals surface area contributed by atoms with E-state index in [9.17, 15) is 14.4 Å². The van der Waals surface area contributed by atoms with Crippen molar-refractivity contribution >= 4 is 23.8 Å². The molecular formula is C34H34N4O6. The van der Waals surface area contributed by atoms with Crippen molar-refractivity contribution in [1.29, 1.82) is 0 Å². The van der Waals surface area contributed by atoms with Crippen LogP contribution in [0.25, 0.3) is 0 Å². The van der Waals surface area contributed by atoms with Gasteiger partial charge < -0.3 is 19.5 Å². The van der Waals surface area contributed by atoms with E-state index in [1.165, 1.54) is 11.1 Å². The zero-order chi connectivity index (χ0) is 31.1. The van der Waals surface area contributed by atoms with E-state index in [0.717, 1.165) is 11.1 Å². The van der Waals surface area contributed by atoms with E-state index in [4.69, 9.17) is 14.2 Å². The molecule has 0 spiro atoms. The molecule has 0 radical (unpaired) electrons. The summed E-state index contributed by atoms with van der Waals surface area (Å²) in [5.74, 6) is -0.679. The Morgan fingerprint density at radius 2 is 1.45 bits per heavy atom. The Morgan fingerprint density at radius 3 is 2.05 bits per heavy atom. The van der Waals surface area contributed by atoms with Gasteiger partial charge in [-0.25, -0.2) is 14.6 Å². The summed E-state index contributed by atoms with van der Waals surface area (Å²) < 4.78 is 17.8. The second kappa shape index (κ2) is 13.4. The van der Waals surface area contributed by atoms with Crippen molar-refractivity contribution in [1.82, 2.24) is 14.9 Å². The molecule has 0 unspecified atom stereocenters. The topological polar surface area (TPSA) is 120 Å². The summed E-state index contributed by atoms with van der Waals surface area (Å²) in [7, 11) is 0. The molecule has 1 N–H and O–H groups in total. The maximum Gasteiger partial charge on any atom is 0.411 e. The lowest BCUT2D eigenvalue weighted by Gasteiger charge is -2.28. The Hall–Kier alpha value is -5.25. The van der Waals surface area contributed by atoms with Crippen LogP contribution in [0, 0.1) is 0 Å². The van der Waals surface area contributed by atoms with Crippen molar-refractivity contribution in [2.45, 2.75) is 51.0 Å². The van der Waals surface area contributed by atoms with Crippen molar-refractivity contribution in [2.24, 2.45) is 0 Å². The maximum absolute atomic E-state index is 13.8. The molecule has 44 heavy (non-hydrogen) atoms. The first kappa shape index (κ1) is 30.2. The standard InChI is InChI=1S/C34H34N4O6/c1-34(2,3)44-33(41)38-22-26(42-32-35-20-19-28(37-32)36-30(39)25-17-11-6-12-18-25)21-27(38)31(40)43-29(23-13-7-4-8-14-23)24-15-9-5-10-16-24/h4-20,26-27,29H,21-22H2,1-3H3,(H,35,36,37,39)/t26-,27-/m1/s1. The minimum atomic E-state index is -0.981. The van der Waals surface area contributed by atoms with Gasteiger partial charge >= 0.3 is 18.1 Å². The zero-order valence-electron chi connectivity index (χ0n) is 24.8. The number of hydrogen-bond donors (Lipinski definition) is 1. The van der Waals surface area contributed by atoms with Crippen LogP contribution in [-0.2, 0) is 14.3 Å². The molecule has 2 amide bonds. The fraction of sp³-hybridized carbons (Fsp3) is 0.265. The molecule has 226 valence electrons. The summed E-state index contributed by atoms with van der Waals surface area (Å²) in [6.45, 7) is 5.31. The number of ether oxygens (including phenoxy) is 3. The summed E-state index contributed by atoms with van der Waals surface area (Å²) in [6.07, 6.45) is -0.408. The number of nitrogens with one attached hydrogen (secondary N) is 1. The van der Waals surface area contributed by atoms with Crippen LogP contribution < -0.4 is 10.1 Å². The number of rotatable bonds is 8. The molecule has 1 aliphatic rings. The molecule has 0 bridgehead atoms. The molecule has 2 atom stereocenters. The highest BCUT2D eigenvalue weighted by molar-refractivity contribution is 6.03. The number of amides is 2. The van der Waals surface area contributed by atoms with Gasteiger partial charge in [0, 0.05) is 18.2 Å². The van der Waals surface area contributed by atoms with E-state index >= 15 is 0 Å². The van der Waals surface area contributed by atoms with E-state index in [2.05, 4.69) is 15.3 Å². The molecule has 5 rings (SSSR count). The van der Waals surface area contributed by atoms with Crippen LogP contribution >= 0.6 is 0 Å². The van der Waals surface area contributed by atoms with Gasteiger partial charge in [-0.15, -0.1) is 0 Å². The third-order valence-electron chi connectivity index (χ3n) is 6.78. The molecule has 1 aliphatic heterocycles. The third kappa shape index (κ3) is 7.77. The summed E-state index contributed by atoms with van der Waals surface area (Å²) in [6, 6.07) is 28.1. The Balaban J connectivity index is 1.34. The molecule has 0 aliphatic carbocycles. The second-order valence-corrected chi connectivity index (χ2v) is 11.3. The van der Waals surface area contributed by atoms with Crippen LogP contribution in [0.3, 0.4) is 0 Å². The van der Waals surface area contributed by atoms with E-state index in [-0.39, 0.29) is 30.7 Å². The number of benzene rings is 3. The SMILES string of the molecule is CC(C)(C)OC(=O)N1C[C@H](Oc2nccc(NC(=O)c3ccccc3)n2)C[C@@H]1C(=O)OC(c1ccccc1)c1ccccc1. The van der Waals surface area contributed by atoms with Gasteiger partial charge in [0.05, 0.1) is 6.54 Å². The van der Waals surface area contributed by atoms with Gasteiger partial charge in [-0.05, 0) is 50.1 Å². The second-order valence-electron chi connectivity index (χ2n) is 11.3. The molecule has 1 saturated heterocycles. The van der Waals surface area contributed by atoms with Gasteiger partial charge in [-0.1, -0.05) is 78.9 Å². The predicted molar refractivity (Wildman–Crippen MR) is 163 cm³/mol. The number of nitrogens with zero attached hydrogens (tertiary/aromatic N) is 3. The van der Waals surface area contributed by atoms with Gasteiger partial charge in [0.2, 0.25) is 0 Å². The molecular weight excluding hydrogens is 560 g/mol. The average molecular weight is 595 g/mol. The number of likely N-dealkylation sites (tertiary alicyclic amines) is 1. The minimum absolute atomic E-state index is 0.00883. The number of hydrogen-bond acceptors (Lipinski definition) is 8. The number of carbonyl (C=O) groups excluding carboxylic acids is 3. The predicted octanol–water partition coefficient (Wildman–Crippen LogP) is 5.82.